The van der Waals surface area contributed by atoms with Crippen LogP contribution in [-0.2, 0) is 0 Å². The van der Waals surface area contributed by atoms with Crippen LogP contribution in [0.15, 0.2) is 24.3 Å². The minimum atomic E-state index is 0.0392. The average molecular weight is 184 g/mol. The number of ketones is 1. The molecule has 64 valence electrons. The molecule has 0 aromatic heterocycles. The van der Waals surface area contributed by atoms with E-state index in [1.54, 1.807) is 24.3 Å². The number of anilines is 1. The molecule has 0 radical (unpaired) electrons. The standard InChI is InChI=1S/C9H10ClNO/c10-5-4-9(12)7-2-1-3-8(11)6-7/h1-3,6H,4-5,11H2. The Bertz CT molecular complexity index is 286. The Morgan fingerprint density at radius 1 is 1.50 bits per heavy atom. The van der Waals surface area contributed by atoms with E-state index in [-0.39, 0.29) is 5.78 Å². The molecule has 0 saturated carbocycles. The van der Waals surface area contributed by atoms with Gasteiger partial charge in [-0.15, -0.1) is 11.6 Å². The first kappa shape index (κ1) is 9.07. The highest BCUT2D eigenvalue weighted by Crippen LogP contribution is 2.09. The molecule has 0 amide bonds. The number of nitrogen functional groups attached to an aromatic ring is 1. The molecule has 0 spiro atoms. The van der Waals surface area contributed by atoms with Gasteiger partial charge in [-0.2, -0.15) is 0 Å². The van der Waals surface area contributed by atoms with Gasteiger partial charge in [0.25, 0.3) is 0 Å². The van der Waals surface area contributed by atoms with E-state index in [4.69, 9.17) is 17.3 Å². The highest BCUT2D eigenvalue weighted by Gasteiger charge is 2.03. The van der Waals surface area contributed by atoms with Gasteiger partial charge in [-0.3, -0.25) is 4.79 Å². The lowest BCUT2D eigenvalue weighted by atomic mass is 10.1. The molecule has 1 aromatic rings. The van der Waals surface area contributed by atoms with Gasteiger partial charge >= 0.3 is 0 Å². The lowest BCUT2D eigenvalue weighted by Crippen LogP contribution is -2.00. The van der Waals surface area contributed by atoms with E-state index in [2.05, 4.69) is 0 Å². The maximum atomic E-state index is 11.3. The van der Waals surface area contributed by atoms with E-state index in [0.717, 1.165) is 0 Å². The van der Waals surface area contributed by atoms with Crippen LogP contribution >= 0.6 is 11.6 Å². The largest absolute Gasteiger partial charge is 0.399 e. The molecule has 0 fully saturated rings. The fraction of sp³-hybridized carbons (Fsp3) is 0.222. The molecular formula is C9H10ClNO. The van der Waals surface area contributed by atoms with Gasteiger partial charge in [-0.1, -0.05) is 12.1 Å². The summed E-state index contributed by atoms with van der Waals surface area (Å²) in [5, 5.41) is 0. The van der Waals surface area contributed by atoms with Crippen LogP contribution in [-0.4, -0.2) is 11.7 Å². The van der Waals surface area contributed by atoms with Gasteiger partial charge in [0.2, 0.25) is 0 Å². The molecule has 0 aliphatic heterocycles. The number of alkyl halides is 1. The van der Waals surface area contributed by atoms with Crippen molar-refractivity contribution in [2.75, 3.05) is 11.6 Å². The van der Waals surface area contributed by atoms with Crippen molar-refractivity contribution in [3.63, 3.8) is 0 Å². The second kappa shape index (κ2) is 4.12. The summed E-state index contributed by atoms with van der Waals surface area (Å²) < 4.78 is 0. The number of carbonyl (C=O) groups excluding carboxylic acids is 1. The zero-order chi connectivity index (χ0) is 8.97. The first-order chi connectivity index (χ1) is 5.74. The summed E-state index contributed by atoms with van der Waals surface area (Å²) in [5.74, 6) is 0.394. The average Bonchev–Trinajstić information content (AvgIpc) is 2.05. The highest BCUT2D eigenvalue weighted by molar-refractivity contribution is 6.19. The Morgan fingerprint density at radius 3 is 2.83 bits per heavy atom. The first-order valence-electron chi connectivity index (χ1n) is 3.68. The first-order valence-corrected chi connectivity index (χ1v) is 4.22. The van der Waals surface area contributed by atoms with Gasteiger partial charge < -0.3 is 5.73 Å². The quantitative estimate of drug-likeness (QED) is 0.443. The fourth-order valence-electron chi connectivity index (χ4n) is 0.942. The molecule has 0 heterocycles. The minimum Gasteiger partial charge on any atom is -0.399 e. The van der Waals surface area contributed by atoms with E-state index < -0.39 is 0 Å². The summed E-state index contributed by atoms with van der Waals surface area (Å²) in [7, 11) is 0. The topological polar surface area (TPSA) is 43.1 Å². The summed E-state index contributed by atoms with van der Waals surface area (Å²) in [6.45, 7) is 0. The van der Waals surface area contributed by atoms with Gasteiger partial charge in [-0.25, -0.2) is 0 Å². The van der Waals surface area contributed by atoms with Crippen LogP contribution < -0.4 is 5.73 Å². The van der Waals surface area contributed by atoms with Crippen molar-refractivity contribution in [2.45, 2.75) is 6.42 Å². The minimum absolute atomic E-state index is 0.0392. The molecule has 3 heteroatoms. The number of hydrogen-bond acceptors (Lipinski definition) is 2. The van der Waals surface area contributed by atoms with Crippen LogP contribution in [0.3, 0.4) is 0 Å². The Hall–Kier alpha value is -1.02. The molecule has 1 aromatic carbocycles. The van der Waals surface area contributed by atoms with Crippen LogP contribution in [0, 0.1) is 0 Å². The maximum Gasteiger partial charge on any atom is 0.164 e. The lowest BCUT2D eigenvalue weighted by Gasteiger charge is -1.98. The summed E-state index contributed by atoms with van der Waals surface area (Å²) in [4.78, 5) is 11.3. The number of carbonyl (C=O) groups is 1. The van der Waals surface area contributed by atoms with E-state index in [9.17, 15) is 4.79 Å². The van der Waals surface area contributed by atoms with Crippen molar-refractivity contribution in [2.24, 2.45) is 0 Å². The Kier molecular flexibility index (Phi) is 3.11. The van der Waals surface area contributed by atoms with Gasteiger partial charge in [0.15, 0.2) is 5.78 Å². The maximum absolute atomic E-state index is 11.3. The number of hydrogen-bond donors (Lipinski definition) is 1. The zero-order valence-electron chi connectivity index (χ0n) is 6.59. The van der Waals surface area contributed by atoms with Crippen molar-refractivity contribution in [3.8, 4) is 0 Å². The monoisotopic (exact) mass is 183 g/mol. The van der Waals surface area contributed by atoms with E-state index >= 15 is 0 Å². The van der Waals surface area contributed by atoms with E-state index in [1.165, 1.54) is 0 Å². The molecule has 2 nitrogen and oxygen atoms in total. The number of nitrogens with two attached hydrogens (primary N) is 1. The Morgan fingerprint density at radius 2 is 2.25 bits per heavy atom. The fourth-order valence-corrected chi connectivity index (χ4v) is 1.11. The molecule has 0 bridgehead atoms. The highest BCUT2D eigenvalue weighted by atomic mass is 35.5. The molecular weight excluding hydrogens is 174 g/mol. The third kappa shape index (κ3) is 2.24. The molecule has 0 atom stereocenters. The molecule has 0 saturated heterocycles. The number of benzene rings is 1. The van der Waals surface area contributed by atoms with Crippen LogP contribution in [0.5, 0.6) is 0 Å². The lowest BCUT2D eigenvalue weighted by molar-refractivity contribution is 0.0989. The molecule has 0 unspecified atom stereocenters. The van der Waals surface area contributed by atoms with Crippen molar-refractivity contribution in [1.82, 2.24) is 0 Å². The number of halogens is 1. The summed E-state index contributed by atoms with van der Waals surface area (Å²) >= 11 is 5.43. The second-order valence-electron chi connectivity index (χ2n) is 2.49. The zero-order valence-corrected chi connectivity index (χ0v) is 7.34. The van der Waals surface area contributed by atoms with E-state index in [1.807, 2.05) is 0 Å². The predicted molar refractivity (Wildman–Crippen MR) is 50.5 cm³/mol. The smallest absolute Gasteiger partial charge is 0.164 e. The number of Topliss-reactive ketones (excluding diaryl/α,β-unsaturated/α-hetero) is 1. The van der Waals surface area contributed by atoms with E-state index in [0.29, 0.717) is 23.6 Å². The number of rotatable bonds is 3. The molecule has 12 heavy (non-hydrogen) atoms. The van der Waals surface area contributed by atoms with Gasteiger partial charge in [0, 0.05) is 23.6 Å². The van der Waals surface area contributed by atoms with Gasteiger partial charge in [-0.05, 0) is 12.1 Å². The third-order valence-corrected chi connectivity index (χ3v) is 1.72. The summed E-state index contributed by atoms with van der Waals surface area (Å²) in [6.07, 6.45) is 0.366. The van der Waals surface area contributed by atoms with Crippen molar-refractivity contribution in [3.05, 3.63) is 29.8 Å². The van der Waals surface area contributed by atoms with Crippen molar-refractivity contribution < 1.29 is 4.79 Å². The Balaban J connectivity index is 2.81. The normalized spacial score (nSPS) is 9.75. The van der Waals surface area contributed by atoms with Crippen molar-refractivity contribution in [1.29, 1.82) is 0 Å². The molecule has 1 rings (SSSR count). The summed E-state index contributed by atoms with van der Waals surface area (Å²) in [5.41, 5.74) is 6.75. The SMILES string of the molecule is Nc1cccc(C(=O)CCCl)c1. The molecule has 0 aliphatic rings. The van der Waals surface area contributed by atoms with Gasteiger partial charge in [0.05, 0.1) is 0 Å². The van der Waals surface area contributed by atoms with Crippen molar-refractivity contribution >= 4 is 23.1 Å². The Labute approximate surface area is 76.3 Å². The van der Waals surface area contributed by atoms with Crippen LogP contribution in [0.2, 0.25) is 0 Å². The predicted octanol–water partition coefficient (Wildman–Crippen LogP) is 2.08. The van der Waals surface area contributed by atoms with Crippen LogP contribution in [0.1, 0.15) is 16.8 Å². The third-order valence-electron chi connectivity index (χ3n) is 1.53. The summed E-state index contributed by atoms with van der Waals surface area (Å²) in [6, 6.07) is 6.91. The molecule has 2 N–H and O–H groups in total. The van der Waals surface area contributed by atoms with Gasteiger partial charge in [0.1, 0.15) is 0 Å². The molecule has 0 aliphatic carbocycles. The van der Waals surface area contributed by atoms with Crippen LogP contribution in [0.4, 0.5) is 5.69 Å². The second-order valence-corrected chi connectivity index (χ2v) is 2.87. The van der Waals surface area contributed by atoms with Crippen LogP contribution in [0.25, 0.3) is 0 Å².